The lowest BCUT2D eigenvalue weighted by Crippen LogP contribution is -2.56. The summed E-state index contributed by atoms with van der Waals surface area (Å²) in [6.45, 7) is -0.618. The Morgan fingerprint density at radius 2 is 1.60 bits per heavy atom. The van der Waals surface area contributed by atoms with Gasteiger partial charge in [-0.15, -0.1) is 0 Å². The highest BCUT2D eigenvalue weighted by Gasteiger charge is 2.47. The molecule has 1 fully saturated rings. The van der Waals surface area contributed by atoms with Gasteiger partial charge in [0.1, 0.15) is 35.9 Å². The molecule has 5 unspecified atom stereocenters. The van der Waals surface area contributed by atoms with Gasteiger partial charge in [-0.25, -0.2) is 10.4 Å². The van der Waals surface area contributed by atoms with Crippen LogP contribution in [0.1, 0.15) is 32.6 Å². The smallest absolute Gasteiger partial charge is 0.276 e. The van der Waals surface area contributed by atoms with E-state index in [0.29, 0.717) is 38.3 Å². The van der Waals surface area contributed by atoms with E-state index in [1.807, 2.05) is 0 Å². The molecule has 0 spiro atoms. The summed E-state index contributed by atoms with van der Waals surface area (Å²) in [4.78, 5) is 31.6. The summed E-state index contributed by atoms with van der Waals surface area (Å²) in [5, 5.41) is 72.4. The molecule has 15 heteroatoms. The maximum absolute atomic E-state index is 14.2. The number of nitrogens with one attached hydrogen (secondary N) is 3. The molecular weight excluding hydrogens is 588 g/mol. The molecule has 0 saturated carbocycles. The lowest BCUT2D eigenvalue weighted by molar-refractivity contribution is -0.249. The van der Waals surface area contributed by atoms with Crippen LogP contribution in [-0.4, -0.2) is 98.2 Å². The van der Waals surface area contributed by atoms with Crippen LogP contribution in [0, 0.1) is 0 Å². The van der Waals surface area contributed by atoms with Crippen LogP contribution < -0.4 is 5.43 Å². The first-order valence-electron chi connectivity index (χ1n) is 14.1. The number of aliphatic hydroxyl groups excluding tert-OH is 4. The lowest BCUT2D eigenvalue weighted by atomic mass is 9.96. The van der Waals surface area contributed by atoms with E-state index in [9.17, 15) is 40.2 Å². The molecule has 2 amide bonds. The van der Waals surface area contributed by atoms with Crippen LogP contribution in [0.2, 0.25) is 0 Å². The third-order valence-corrected chi connectivity index (χ3v) is 8.69. The van der Waals surface area contributed by atoms with E-state index in [1.165, 1.54) is 28.8 Å². The molecule has 9 N–H and O–H groups in total. The first-order chi connectivity index (χ1) is 21.7. The van der Waals surface area contributed by atoms with Crippen molar-refractivity contribution in [2.45, 2.75) is 37.2 Å². The van der Waals surface area contributed by atoms with Crippen LogP contribution in [0.5, 0.6) is 11.5 Å². The average Bonchev–Trinajstić information content (AvgIpc) is 3.79. The van der Waals surface area contributed by atoms with Gasteiger partial charge >= 0.3 is 0 Å². The molecule has 8 rings (SSSR count). The minimum atomic E-state index is -1.72. The quantitative estimate of drug-likeness (QED) is 0.124. The van der Waals surface area contributed by atoms with Crippen molar-refractivity contribution in [3.63, 3.8) is 0 Å². The number of aromatic hydroxyl groups is 2. The van der Waals surface area contributed by atoms with Gasteiger partial charge in [-0.05, 0) is 30.3 Å². The molecule has 230 valence electrons. The number of carbonyl (C=O) groups is 2. The first kappa shape index (κ1) is 27.5. The molecule has 3 aromatic carbocycles. The number of phenolic OH excluding ortho intramolecular Hbond substituents is 2. The Bertz CT molecular complexity index is 2190. The lowest BCUT2D eigenvalue weighted by Gasteiger charge is -2.41. The number of hydrazine groups is 1. The SMILES string of the molecule is O=C1c2c(c3c4ccc(O)cc4n(C4OC(CO)C(O)C(O)C4O)c3c3[nH]c4cc(O)ccc4c23)C(=O)N1NCc1cc[nH]n1. The monoisotopic (exact) mass is 614 g/mol. The molecule has 6 aromatic rings. The van der Waals surface area contributed by atoms with E-state index in [-0.39, 0.29) is 40.2 Å². The zero-order chi connectivity index (χ0) is 31.3. The molecule has 5 atom stereocenters. The summed E-state index contributed by atoms with van der Waals surface area (Å²) in [5.41, 5.74) is 4.89. The molecule has 1 saturated heterocycles. The predicted molar refractivity (Wildman–Crippen MR) is 157 cm³/mol. The molecule has 0 radical (unpaired) electrons. The summed E-state index contributed by atoms with van der Waals surface area (Å²) in [7, 11) is 0. The minimum Gasteiger partial charge on any atom is -0.508 e. The highest BCUT2D eigenvalue weighted by Crippen LogP contribution is 2.47. The second kappa shape index (κ2) is 9.73. The van der Waals surface area contributed by atoms with E-state index >= 15 is 0 Å². The summed E-state index contributed by atoms with van der Waals surface area (Å²) < 4.78 is 7.45. The van der Waals surface area contributed by atoms with Crippen LogP contribution in [0.4, 0.5) is 0 Å². The molecular formula is C30H26N6O9. The van der Waals surface area contributed by atoms with Gasteiger partial charge in [-0.3, -0.25) is 14.7 Å². The number of phenols is 2. The fraction of sp³-hybridized carbons (Fsp3) is 0.233. The Labute approximate surface area is 251 Å². The molecule has 0 aliphatic carbocycles. The fourth-order valence-corrected chi connectivity index (χ4v) is 6.67. The second-order valence-electron chi connectivity index (χ2n) is 11.2. The molecule has 3 aromatic heterocycles. The van der Waals surface area contributed by atoms with Gasteiger partial charge in [-0.2, -0.15) is 5.10 Å². The van der Waals surface area contributed by atoms with E-state index < -0.39 is 49.1 Å². The normalized spacial score (nSPS) is 23.7. The van der Waals surface area contributed by atoms with Gasteiger partial charge in [0.05, 0.1) is 52.0 Å². The van der Waals surface area contributed by atoms with Crippen LogP contribution in [-0.2, 0) is 11.3 Å². The number of aromatic nitrogens is 4. The summed E-state index contributed by atoms with van der Waals surface area (Å²) >= 11 is 0. The van der Waals surface area contributed by atoms with Crippen LogP contribution in [0.25, 0.3) is 43.6 Å². The number of fused-ring (bicyclic) bond motifs is 10. The Morgan fingerprint density at radius 3 is 2.31 bits per heavy atom. The van der Waals surface area contributed by atoms with Crippen molar-refractivity contribution in [2.24, 2.45) is 0 Å². The Balaban J connectivity index is 1.49. The molecule has 2 aliphatic rings. The van der Waals surface area contributed by atoms with Crippen molar-refractivity contribution < 1.29 is 45.0 Å². The zero-order valence-corrected chi connectivity index (χ0v) is 23.2. The Hall–Kier alpha value is -5.03. The van der Waals surface area contributed by atoms with E-state index in [2.05, 4.69) is 20.6 Å². The predicted octanol–water partition coefficient (Wildman–Crippen LogP) is 0.836. The highest BCUT2D eigenvalue weighted by molar-refractivity contribution is 6.39. The Morgan fingerprint density at radius 1 is 0.889 bits per heavy atom. The minimum absolute atomic E-state index is 0.0463. The number of imide groups is 1. The summed E-state index contributed by atoms with van der Waals surface area (Å²) in [6.07, 6.45) is -6.14. The van der Waals surface area contributed by atoms with Crippen LogP contribution >= 0.6 is 0 Å². The van der Waals surface area contributed by atoms with Gasteiger partial charge in [0.2, 0.25) is 0 Å². The fourth-order valence-electron chi connectivity index (χ4n) is 6.67. The van der Waals surface area contributed by atoms with Crippen molar-refractivity contribution in [1.82, 2.24) is 30.2 Å². The second-order valence-corrected chi connectivity index (χ2v) is 11.2. The van der Waals surface area contributed by atoms with Gasteiger partial charge in [-0.1, -0.05) is 0 Å². The topological polar surface area (TPSA) is 229 Å². The number of benzene rings is 3. The maximum atomic E-state index is 14.2. The number of ether oxygens (including phenoxy) is 1. The molecule has 5 heterocycles. The number of amides is 2. The summed E-state index contributed by atoms with van der Waals surface area (Å²) in [5.74, 6) is -1.49. The van der Waals surface area contributed by atoms with Gasteiger partial charge in [0, 0.05) is 39.9 Å². The third kappa shape index (κ3) is 3.76. The van der Waals surface area contributed by atoms with E-state index in [1.54, 1.807) is 24.4 Å². The van der Waals surface area contributed by atoms with Crippen molar-refractivity contribution in [2.75, 3.05) is 6.61 Å². The maximum Gasteiger partial charge on any atom is 0.276 e. The molecule has 15 nitrogen and oxygen atoms in total. The van der Waals surface area contributed by atoms with Crippen molar-refractivity contribution >= 4 is 55.4 Å². The van der Waals surface area contributed by atoms with Gasteiger partial charge in [0.15, 0.2) is 6.23 Å². The number of aliphatic hydroxyl groups is 4. The van der Waals surface area contributed by atoms with Crippen molar-refractivity contribution in [1.29, 1.82) is 0 Å². The first-order valence-corrected chi connectivity index (χ1v) is 14.1. The molecule has 2 aliphatic heterocycles. The standard InChI is InChI=1S/C30H26N6O9/c37-10-18-25(40)26(41)27(42)30(45-18)35-17-8-13(39)2-4-15(17)20-22-21(28(43)36(29(22)44)32-9-11-5-6-31-34-11)19-14-3-1-12(38)7-16(14)33-23(19)24(20)35/h1-8,18,25-27,30,32-33,37-42H,9-10H2,(H,31,34). The molecule has 0 bridgehead atoms. The number of aromatic amines is 2. The van der Waals surface area contributed by atoms with E-state index in [4.69, 9.17) is 4.74 Å². The van der Waals surface area contributed by atoms with Gasteiger partial charge in [0.25, 0.3) is 11.8 Å². The number of carbonyl (C=O) groups excluding carboxylic acids is 2. The zero-order valence-electron chi connectivity index (χ0n) is 23.2. The van der Waals surface area contributed by atoms with Crippen LogP contribution in [0.15, 0.2) is 48.7 Å². The number of nitrogens with zero attached hydrogens (tertiary/aromatic N) is 3. The largest absolute Gasteiger partial charge is 0.508 e. The average molecular weight is 615 g/mol. The van der Waals surface area contributed by atoms with Crippen molar-refractivity contribution in [3.8, 4) is 11.5 Å². The van der Waals surface area contributed by atoms with Gasteiger partial charge < -0.3 is 44.9 Å². The number of hydrogen-bond acceptors (Lipinski definition) is 11. The van der Waals surface area contributed by atoms with E-state index in [0.717, 1.165) is 5.01 Å². The Kier molecular flexibility index (Phi) is 5.95. The van der Waals surface area contributed by atoms with Crippen LogP contribution in [0.3, 0.4) is 0 Å². The molecule has 45 heavy (non-hydrogen) atoms. The highest BCUT2D eigenvalue weighted by atomic mass is 16.6. The number of hydrogen-bond donors (Lipinski definition) is 9. The summed E-state index contributed by atoms with van der Waals surface area (Å²) in [6, 6.07) is 10.6. The van der Waals surface area contributed by atoms with Crippen molar-refractivity contribution in [3.05, 3.63) is 65.5 Å². The third-order valence-electron chi connectivity index (χ3n) is 8.69. The number of H-pyrrole nitrogens is 2. The number of rotatable bonds is 5.